The first-order valence-corrected chi connectivity index (χ1v) is 6.95. The molecule has 0 unspecified atom stereocenters. The van der Waals surface area contributed by atoms with Crippen LogP contribution in [-0.2, 0) is 0 Å². The van der Waals surface area contributed by atoms with E-state index >= 15 is 0 Å². The molecule has 1 amide bonds. The quantitative estimate of drug-likeness (QED) is 0.554. The predicted molar refractivity (Wildman–Crippen MR) is 80.2 cm³/mol. The van der Waals surface area contributed by atoms with Crippen LogP contribution in [0.4, 0.5) is 16.2 Å². The van der Waals surface area contributed by atoms with Crippen molar-refractivity contribution in [3.05, 3.63) is 24.3 Å². The Morgan fingerprint density at radius 3 is 2.45 bits per heavy atom. The number of benzene rings is 1. The molecule has 4 N–H and O–H groups in total. The maximum Gasteiger partial charge on any atom is 0.404 e. The number of piperazine rings is 1. The minimum atomic E-state index is -0.946. The topological polar surface area (TPSA) is 81.8 Å². The molecule has 0 bridgehead atoms. The normalized spacial score (nSPS) is 16.1. The van der Waals surface area contributed by atoms with Gasteiger partial charge < -0.3 is 21.1 Å². The summed E-state index contributed by atoms with van der Waals surface area (Å²) in [5.74, 6) is 0. The van der Waals surface area contributed by atoms with Crippen molar-refractivity contribution < 1.29 is 9.90 Å². The van der Waals surface area contributed by atoms with Crippen molar-refractivity contribution in [1.82, 2.24) is 10.2 Å². The molecule has 6 nitrogen and oxygen atoms in total. The van der Waals surface area contributed by atoms with E-state index in [1.807, 2.05) is 12.1 Å². The van der Waals surface area contributed by atoms with Crippen LogP contribution >= 0.6 is 0 Å². The van der Waals surface area contributed by atoms with Crippen molar-refractivity contribution in [1.29, 1.82) is 0 Å². The zero-order chi connectivity index (χ0) is 14.4. The van der Waals surface area contributed by atoms with E-state index in [2.05, 4.69) is 27.2 Å². The summed E-state index contributed by atoms with van der Waals surface area (Å²) in [5, 5.41) is 10.9. The van der Waals surface area contributed by atoms with Gasteiger partial charge in [0, 0.05) is 44.1 Å². The Hall–Kier alpha value is -1.95. The van der Waals surface area contributed by atoms with Gasteiger partial charge in [0.2, 0.25) is 0 Å². The molecule has 1 heterocycles. The molecule has 0 aliphatic carbocycles. The molecule has 1 aliphatic heterocycles. The predicted octanol–water partition coefficient (Wildman–Crippen LogP) is 1.05. The van der Waals surface area contributed by atoms with Gasteiger partial charge in [-0.25, -0.2) is 4.79 Å². The monoisotopic (exact) mass is 278 g/mol. The van der Waals surface area contributed by atoms with Gasteiger partial charge in [-0.05, 0) is 37.2 Å². The molecule has 1 fully saturated rings. The second-order valence-corrected chi connectivity index (χ2v) is 5.01. The van der Waals surface area contributed by atoms with Gasteiger partial charge in [-0.3, -0.25) is 4.90 Å². The van der Waals surface area contributed by atoms with E-state index in [4.69, 9.17) is 10.8 Å². The maximum atomic E-state index is 10.3. The molecule has 0 spiro atoms. The Bertz CT molecular complexity index is 427. The summed E-state index contributed by atoms with van der Waals surface area (Å²) in [6, 6.07) is 7.97. The van der Waals surface area contributed by atoms with Gasteiger partial charge in [-0.15, -0.1) is 0 Å². The first-order valence-electron chi connectivity index (χ1n) is 6.95. The van der Waals surface area contributed by atoms with Gasteiger partial charge >= 0.3 is 6.09 Å². The molecule has 0 radical (unpaired) electrons. The van der Waals surface area contributed by atoms with E-state index in [9.17, 15) is 4.79 Å². The lowest BCUT2D eigenvalue weighted by Crippen LogP contribution is -2.47. The number of hydrogen-bond donors (Lipinski definition) is 3. The van der Waals surface area contributed by atoms with Crippen molar-refractivity contribution in [3.63, 3.8) is 0 Å². The molecule has 0 aromatic heterocycles. The molecule has 0 saturated carbocycles. The first-order chi connectivity index (χ1) is 9.65. The summed E-state index contributed by atoms with van der Waals surface area (Å²) in [5.41, 5.74) is 7.70. The lowest BCUT2D eigenvalue weighted by atomic mass is 10.2. The van der Waals surface area contributed by atoms with Gasteiger partial charge in [0.1, 0.15) is 0 Å². The summed E-state index contributed by atoms with van der Waals surface area (Å²) in [6.45, 7) is 5.48. The average molecular weight is 278 g/mol. The van der Waals surface area contributed by atoms with Crippen LogP contribution in [0.15, 0.2) is 24.3 Å². The molecule has 1 aromatic rings. The van der Waals surface area contributed by atoms with Crippen molar-refractivity contribution in [2.24, 2.45) is 0 Å². The fraction of sp³-hybridized carbons (Fsp3) is 0.500. The van der Waals surface area contributed by atoms with Gasteiger partial charge in [0.05, 0.1) is 0 Å². The number of nitrogens with one attached hydrogen (secondary N) is 1. The van der Waals surface area contributed by atoms with Crippen LogP contribution in [0, 0.1) is 0 Å². The fourth-order valence-corrected chi connectivity index (χ4v) is 2.41. The Morgan fingerprint density at radius 1 is 1.20 bits per heavy atom. The minimum Gasteiger partial charge on any atom is -0.465 e. The molecule has 1 saturated heterocycles. The first kappa shape index (κ1) is 14.5. The number of rotatable bonds is 5. The molecule has 110 valence electrons. The fourth-order valence-electron chi connectivity index (χ4n) is 2.41. The highest BCUT2D eigenvalue weighted by molar-refractivity contribution is 5.64. The van der Waals surface area contributed by atoms with E-state index in [-0.39, 0.29) is 0 Å². The van der Waals surface area contributed by atoms with E-state index in [0.29, 0.717) is 6.54 Å². The van der Waals surface area contributed by atoms with Crippen molar-refractivity contribution >= 4 is 17.5 Å². The number of carboxylic acid groups (broad SMARTS) is 1. The van der Waals surface area contributed by atoms with E-state index in [0.717, 1.165) is 44.8 Å². The van der Waals surface area contributed by atoms with Gasteiger partial charge in [-0.2, -0.15) is 0 Å². The van der Waals surface area contributed by atoms with Gasteiger partial charge in [0.15, 0.2) is 0 Å². The maximum absolute atomic E-state index is 10.3. The molecule has 2 rings (SSSR count). The SMILES string of the molecule is Nc1ccc(N2CCN(CCCNC(=O)O)CC2)cc1. The second-order valence-electron chi connectivity index (χ2n) is 5.01. The third kappa shape index (κ3) is 4.31. The van der Waals surface area contributed by atoms with Gasteiger partial charge in [-0.1, -0.05) is 0 Å². The molecular weight excluding hydrogens is 256 g/mol. The molecule has 1 aliphatic rings. The van der Waals surface area contributed by atoms with Crippen molar-refractivity contribution in [3.8, 4) is 0 Å². The molecule has 1 aromatic carbocycles. The number of nitrogens with two attached hydrogens (primary N) is 1. The highest BCUT2D eigenvalue weighted by Crippen LogP contribution is 2.18. The van der Waals surface area contributed by atoms with Crippen LogP contribution in [0.5, 0.6) is 0 Å². The van der Waals surface area contributed by atoms with Crippen molar-refractivity contribution in [2.75, 3.05) is 49.9 Å². The number of amides is 1. The lowest BCUT2D eigenvalue weighted by molar-refractivity contribution is 0.192. The van der Waals surface area contributed by atoms with Crippen LogP contribution in [0.25, 0.3) is 0 Å². The Labute approximate surface area is 119 Å². The Morgan fingerprint density at radius 2 is 1.85 bits per heavy atom. The standard InChI is InChI=1S/C14H22N4O2/c15-12-2-4-13(5-3-12)18-10-8-17(9-11-18)7-1-6-16-14(19)20/h2-5,16H,1,6-11,15H2,(H,19,20). The molecule has 6 heteroatoms. The van der Waals surface area contributed by atoms with Crippen LogP contribution in [0.2, 0.25) is 0 Å². The molecular formula is C14H22N4O2. The summed E-state index contributed by atoms with van der Waals surface area (Å²) in [4.78, 5) is 15.1. The minimum absolute atomic E-state index is 0.521. The summed E-state index contributed by atoms with van der Waals surface area (Å²) >= 11 is 0. The largest absolute Gasteiger partial charge is 0.465 e. The molecule has 20 heavy (non-hydrogen) atoms. The van der Waals surface area contributed by atoms with E-state index in [1.54, 1.807) is 0 Å². The summed E-state index contributed by atoms with van der Waals surface area (Å²) < 4.78 is 0. The van der Waals surface area contributed by atoms with Gasteiger partial charge in [0.25, 0.3) is 0 Å². The third-order valence-electron chi connectivity index (χ3n) is 3.56. The number of nitrogens with zero attached hydrogens (tertiary/aromatic N) is 2. The number of carbonyl (C=O) groups is 1. The molecule has 0 atom stereocenters. The smallest absolute Gasteiger partial charge is 0.404 e. The number of nitrogen functional groups attached to an aromatic ring is 1. The van der Waals surface area contributed by atoms with E-state index in [1.165, 1.54) is 5.69 Å². The van der Waals surface area contributed by atoms with Crippen LogP contribution in [0.3, 0.4) is 0 Å². The number of hydrogen-bond acceptors (Lipinski definition) is 4. The van der Waals surface area contributed by atoms with E-state index < -0.39 is 6.09 Å². The highest BCUT2D eigenvalue weighted by atomic mass is 16.4. The van der Waals surface area contributed by atoms with Crippen LogP contribution < -0.4 is 16.0 Å². The van der Waals surface area contributed by atoms with Crippen LogP contribution in [-0.4, -0.2) is 55.4 Å². The second kappa shape index (κ2) is 7.00. The highest BCUT2D eigenvalue weighted by Gasteiger charge is 2.16. The third-order valence-corrected chi connectivity index (χ3v) is 3.56. The Kier molecular flexibility index (Phi) is 5.06. The zero-order valence-corrected chi connectivity index (χ0v) is 11.6. The average Bonchev–Trinajstić information content (AvgIpc) is 2.45. The summed E-state index contributed by atoms with van der Waals surface area (Å²) in [6.07, 6.45) is -0.0908. The van der Waals surface area contributed by atoms with Crippen molar-refractivity contribution in [2.45, 2.75) is 6.42 Å². The zero-order valence-electron chi connectivity index (χ0n) is 11.6. The number of anilines is 2. The Balaban J connectivity index is 1.69. The summed E-state index contributed by atoms with van der Waals surface area (Å²) in [7, 11) is 0. The lowest BCUT2D eigenvalue weighted by Gasteiger charge is -2.36. The van der Waals surface area contributed by atoms with Crippen LogP contribution in [0.1, 0.15) is 6.42 Å².